The first-order valence-electron chi connectivity index (χ1n) is 7.35. The molecule has 2 aromatic rings. The summed E-state index contributed by atoms with van der Waals surface area (Å²) in [6, 6.07) is 9.52. The molecule has 132 valence electrons. The van der Waals surface area contributed by atoms with Gasteiger partial charge in [-0.1, -0.05) is 46.4 Å². The van der Waals surface area contributed by atoms with Crippen LogP contribution in [0, 0.1) is 0 Å². The van der Waals surface area contributed by atoms with Crippen molar-refractivity contribution in [2.24, 2.45) is 0 Å². The van der Waals surface area contributed by atoms with Crippen molar-refractivity contribution >= 4 is 63.9 Å². The molecule has 0 aromatic heterocycles. The Balaban J connectivity index is 1.76. The van der Waals surface area contributed by atoms with Gasteiger partial charge in [0.1, 0.15) is 0 Å². The molecule has 2 amide bonds. The first kappa shape index (κ1) is 19.9. The van der Waals surface area contributed by atoms with Gasteiger partial charge in [0.2, 0.25) is 5.91 Å². The van der Waals surface area contributed by atoms with Crippen LogP contribution >= 0.6 is 46.4 Å². The number of hydrogen-bond acceptors (Lipinski definition) is 2. The quantitative estimate of drug-likeness (QED) is 0.483. The fraction of sp³-hybridized carbons (Fsp3) is 0.176. The van der Waals surface area contributed by atoms with E-state index in [4.69, 9.17) is 46.4 Å². The lowest BCUT2D eigenvalue weighted by Crippen LogP contribution is -2.25. The molecule has 0 bridgehead atoms. The van der Waals surface area contributed by atoms with Crippen LogP contribution in [0.3, 0.4) is 0 Å². The third-order valence-corrected chi connectivity index (χ3v) is 4.54. The Morgan fingerprint density at radius 3 is 2.20 bits per heavy atom. The largest absolute Gasteiger partial charge is 0.352 e. The van der Waals surface area contributed by atoms with Gasteiger partial charge in [-0.15, -0.1) is 0 Å². The Bertz CT molecular complexity index is 779. The lowest BCUT2D eigenvalue weighted by molar-refractivity contribution is -0.116. The molecule has 0 heterocycles. The van der Waals surface area contributed by atoms with Gasteiger partial charge < -0.3 is 10.6 Å². The SMILES string of the molecule is O=C(CCCNC(=O)c1ccc(Cl)cc1)Nc1cc(Cl)c(Cl)cc1Cl. The lowest BCUT2D eigenvalue weighted by atomic mass is 10.2. The molecule has 0 atom stereocenters. The van der Waals surface area contributed by atoms with Crippen LogP contribution in [0.4, 0.5) is 5.69 Å². The number of benzene rings is 2. The highest BCUT2D eigenvalue weighted by atomic mass is 35.5. The molecule has 0 aliphatic heterocycles. The summed E-state index contributed by atoms with van der Waals surface area (Å²) in [6.07, 6.45) is 0.696. The molecule has 8 heteroatoms. The maximum absolute atomic E-state index is 11.9. The van der Waals surface area contributed by atoms with Crippen LogP contribution < -0.4 is 10.6 Å². The summed E-state index contributed by atoms with van der Waals surface area (Å²) in [5.41, 5.74) is 0.905. The van der Waals surface area contributed by atoms with Gasteiger partial charge >= 0.3 is 0 Å². The standard InChI is InChI=1S/C17H14Cl4N2O2/c18-11-5-3-10(4-6-11)17(25)22-7-1-2-16(24)23-15-9-13(20)12(19)8-14(15)21/h3-6,8-9H,1-2,7H2,(H,22,25)(H,23,24). The van der Waals surface area contributed by atoms with Crippen LogP contribution in [0.1, 0.15) is 23.2 Å². The molecule has 0 saturated carbocycles. The van der Waals surface area contributed by atoms with Crippen molar-refractivity contribution in [3.05, 3.63) is 62.1 Å². The first-order chi connectivity index (χ1) is 11.9. The summed E-state index contributed by atoms with van der Waals surface area (Å²) >= 11 is 23.5. The fourth-order valence-corrected chi connectivity index (χ4v) is 2.71. The smallest absolute Gasteiger partial charge is 0.251 e. The summed E-state index contributed by atoms with van der Waals surface area (Å²) in [5, 5.41) is 6.89. The minimum atomic E-state index is -0.235. The minimum Gasteiger partial charge on any atom is -0.352 e. The van der Waals surface area contributed by atoms with E-state index in [9.17, 15) is 9.59 Å². The Kier molecular flexibility index (Phi) is 7.38. The van der Waals surface area contributed by atoms with Crippen molar-refractivity contribution in [1.29, 1.82) is 0 Å². The predicted octanol–water partition coefficient (Wildman–Crippen LogP) is 5.45. The molecule has 25 heavy (non-hydrogen) atoms. The highest BCUT2D eigenvalue weighted by Gasteiger charge is 2.10. The van der Waals surface area contributed by atoms with Gasteiger partial charge in [0, 0.05) is 23.6 Å². The number of carbonyl (C=O) groups is 2. The average Bonchev–Trinajstić information content (AvgIpc) is 2.57. The molecule has 0 unspecified atom stereocenters. The van der Waals surface area contributed by atoms with Gasteiger partial charge in [-0.05, 0) is 42.8 Å². The number of hydrogen-bond donors (Lipinski definition) is 2. The van der Waals surface area contributed by atoms with Gasteiger partial charge in [0.05, 0.1) is 20.8 Å². The molecule has 0 spiro atoms. The van der Waals surface area contributed by atoms with E-state index >= 15 is 0 Å². The van der Waals surface area contributed by atoms with E-state index in [2.05, 4.69) is 10.6 Å². The minimum absolute atomic E-state index is 0.218. The van der Waals surface area contributed by atoms with Gasteiger partial charge in [-0.25, -0.2) is 0 Å². The number of anilines is 1. The van der Waals surface area contributed by atoms with E-state index in [1.54, 1.807) is 24.3 Å². The number of halogens is 4. The number of carbonyl (C=O) groups excluding carboxylic acids is 2. The molecule has 2 N–H and O–H groups in total. The van der Waals surface area contributed by atoms with Gasteiger partial charge in [-0.2, -0.15) is 0 Å². The number of rotatable bonds is 6. The van der Waals surface area contributed by atoms with E-state index in [1.165, 1.54) is 12.1 Å². The Hall–Kier alpha value is -1.46. The molecular formula is C17H14Cl4N2O2. The summed E-state index contributed by atoms with van der Waals surface area (Å²) in [7, 11) is 0. The average molecular weight is 420 g/mol. The second-order valence-corrected chi connectivity index (χ2v) is 6.82. The van der Waals surface area contributed by atoms with E-state index in [-0.39, 0.29) is 18.2 Å². The zero-order chi connectivity index (χ0) is 18.4. The van der Waals surface area contributed by atoms with Gasteiger partial charge in [0.15, 0.2) is 0 Å². The molecule has 0 fully saturated rings. The topological polar surface area (TPSA) is 58.2 Å². The zero-order valence-corrected chi connectivity index (χ0v) is 15.9. The lowest BCUT2D eigenvalue weighted by Gasteiger charge is -2.09. The van der Waals surface area contributed by atoms with Crippen molar-refractivity contribution in [2.75, 3.05) is 11.9 Å². The van der Waals surface area contributed by atoms with E-state index in [1.807, 2.05) is 0 Å². The molecule has 0 radical (unpaired) electrons. The van der Waals surface area contributed by atoms with Crippen LogP contribution in [0.25, 0.3) is 0 Å². The van der Waals surface area contributed by atoms with E-state index in [0.717, 1.165) is 0 Å². The third kappa shape index (κ3) is 6.08. The first-order valence-corrected chi connectivity index (χ1v) is 8.86. The highest BCUT2D eigenvalue weighted by molar-refractivity contribution is 6.44. The molecular weight excluding hydrogens is 406 g/mol. The van der Waals surface area contributed by atoms with Crippen molar-refractivity contribution in [1.82, 2.24) is 5.32 Å². The monoisotopic (exact) mass is 418 g/mol. The van der Waals surface area contributed by atoms with Crippen LogP contribution in [0.2, 0.25) is 20.1 Å². The maximum atomic E-state index is 11.9. The second-order valence-electron chi connectivity index (χ2n) is 5.16. The number of amides is 2. The van der Waals surface area contributed by atoms with Crippen molar-refractivity contribution in [3.63, 3.8) is 0 Å². The van der Waals surface area contributed by atoms with Crippen molar-refractivity contribution in [2.45, 2.75) is 12.8 Å². The fourth-order valence-electron chi connectivity index (χ4n) is 1.99. The molecule has 2 aromatic carbocycles. The predicted molar refractivity (Wildman–Crippen MR) is 103 cm³/mol. The maximum Gasteiger partial charge on any atom is 0.251 e. The Labute approximate surface area is 165 Å². The van der Waals surface area contributed by atoms with Crippen molar-refractivity contribution < 1.29 is 9.59 Å². The highest BCUT2D eigenvalue weighted by Crippen LogP contribution is 2.32. The summed E-state index contributed by atoms with van der Waals surface area (Å²) in [5.74, 6) is -0.453. The molecule has 0 aliphatic rings. The number of nitrogens with one attached hydrogen (secondary N) is 2. The summed E-state index contributed by atoms with van der Waals surface area (Å²) < 4.78 is 0. The molecule has 0 saturated heterocycles. The molecule has 2 rings (SSSR count). The third-order valence-electron chi connectivity index (χ3n) is 3.26. The summed E-state index contributed by atoms with van der Waals surface area (Å²) in [4.78, 5) is 23.8. The molecule has 0 aliphatic carbocycles. The van der Waals surface area contributed by atoms with Crippen LogP contribution in [0.15, 0.2) is 36.4 Å². The van der Waals surface area contributed by atoms with Crippen LogP contribution in [-0.4, -0.2) is 18.4 Å². The van der Waals surface area contributed by atoms with Crippen molar-refractivity contribution in [3.8, 4) is 0 Å². The van der Waals surface area contributed by atoms with Crippen LogP contribution in [0.5, 0.6) is 0 Å². The van der Waals surface area contributed by atoms with Gasteiger partial charge in [0.25, 0.3) is 5.91 Å². The van der Waals surface area contributed by atoms with Crippen LogP contribution in [-0.2, 0) is 4.79 Å². The van der Waals surface area contributed by atoms with E-state index < -0.39 is 0 Å². The zero-order valence-electron chi connectivity index (χ0n) is 12.9. The normalized spacial score (nSPS) is 10.4. The Morgan fingerprint density at radius 2 is 1.52 bits per heavy atom. The van der Waals surface area contributed by atoms with Gasteiger partial charge in [-0.3, -0.25) is 9.59 Å². The molecule has 4 nitrogen and oxygen atoms in total. The summed E-state index contributed by atoms with van der Waals surface area (Å²) in [6.45, 7) is 0.365. The Morgan fingerprint density at radius 1 is 0.880 bits per heavy atom. The second kappa shape index (κ2) is 9.30. The van der Waals surface area contributed by atoms with E-state index in [0.29, 0.717) is 44.3 Å².